The molecule has 7 rings (SSSR count). The third kappa shape index (κ3) is 4.91. The Morgan fingerprint density at radius 3 is 2.69 bits per heavy atom. The maximum absolute atomic E-state index is 14.6. The van der Waals surface area contributed by atoms with E-state index in [0.717, 1.165) is 58.6 Å². The molecule has 0 amide bonds. The largest absolute Gasteiger partial charge is 0.492 e. The van der Waals surface area contributed by atoms with Gasteiger partial charge in [0, 0.05) is 59.8 Å². The number of likely N-dealkylation sites (N-methyl/N-ethyl adjacent to an activating group) is 1. The van der Waals surface area contributed by atoms with E-state index < -0.39 is 0 Å². The van der Waals surface area contributed by atoms with Crippen molar-refractivity contribution in [2.45, 2.75) is 6.04 Å². The molecule has 0 unspecified atom stereocenters. The summed E-state index contributed by atoms with van der Waals surface area (Å²) in [6, 6.07) is 10.7. The summed E-state index contributed by atoms with van der Waals surface area (Å²) in [4.78, 5) is 25.9. The van der Waals surface area contributed by atoms with Crippen LogP contribution in [0.5, 0.6) is 5.75 Å². The van der Waals surface area contributed by atoms with Gasteiger partial charge in [-0.05, 0) is 44.4 Å². The van der Waals surface area contributed by atoms with Gasteiger partial charge >= 0.3 is 0 Å². The minimum absolute atomic E-state index is 0.162. The van der Waals surface area contributed by atoms with Gasteiger partial charge in [-0.3, -0.25) is 20.1 Å². The fourth-order valence-corrected chi connectivity index (χ4v) is 5.13. The van der Waals surface area contributed by atoms with E-state index in [1.165, 1.54) is 12.1 Å². The molecule has 1 fully saturated rings. The molecule has 1 aromatic carbocycles. The van der Waals surface area contributed by atoms with Crippen molar-refractivity contribution in [3.05, 3.63) is 67.0 Å². The molecule has 4 N–H and O–H groups in total. The normalized spacial score (nSPS) is 13.8. The molecule has 1 aliphatic rings. The molecule has 0 radical (unpaired) electrons. The predicted molar refractivity (Wildman–Crippen MR) is 160 cm³/mol. The van der Waals surface area contributed by atoms with Gasteiger partial charge in [-0.15, -0.1) is 0 Å². The first-order valence-corrected chi connectivity index (χ1v) is 13.6. The monoisotopic (exact) mass is 564 g/mol. The molecule has 6 aromatic rings. The first-order chi connectivity index (χ1) is 20.4. The van der Waals surface area contributed by atoms with Crippen molar-refractivity contribution in [3.8, 4) is 39.8 Å². The highest BCUT2D eigenvalue weighted by Gasteiger charge is 2.25. The zero-order valence-electron chi connectivity index (χ0n) is 23.2. The third-order valence-corrected chi connectivity index (χ3v) is 7.32. The van der Waals surface area contributed by atoms with Gasteiger partial charge < -0.3 is 25.3 Å². The molecule has 0 bridgehead atoms. The second-order valence-electron chi connectivity index (χ2n) is 10.7. The molecule has 0 spiro atoms. The van der Waals surface area contributed by atoms with Crippen LogP contribution in [0, 0.1) is 5.82 Å². The maximum Gasteiger partial charge on any atom is 0.147 e. The molecule has 0 aliphatic carbocycles. The highest BCUT2D eigenvalue weighted by Crippen LogP contribution is 2.35. The van der Waals surface area contributed by atoms with E-state index in [1.54, 1.807) is 24.8 Å². The van der Waals surface area contributed by atoms with E-state index in [1.807, 2.05) is 43.3 Å². The number of halogens is 1. The number of pyridine rings is 2. The quantitative estimate of drug-likeness (QED) is 0.252. The van der Waals surface area contributed by atoms with Crippen molar-refractivity contribution in [3.63, 3.8) is 0 Å². The van der Waals surface area contributed by atoms with Crippen LogP contribution in [0.15, 0.2) is 61.2 Å². The number of aromatic amines is 2. The number of hydrogen-bond acceptors (Lipinski definition) is 9. The van der Waals surface area contributed by atoms with Gasteiger partial charge in [0.25, 0.3) is 0 Å². The van der Waals surface area contributed by atoms with Crippen LogP contribution in [0.4, 0.5) is 10.2 Å². The Hall–Kier alpha value is -4.94. The highest BCUT2D eigenvalue weighted by atomic mass is 19.1. The van der Waals surface area contributed by atoms with Gasteiger partial charge in [-0.2, -0.15) is 5.10 Å². The number of H-pyrrole nitrogens is 2. The minimum atomic E-state index is -0.385. The lowest BCUT2D eigenvalue weighted by atomic mass is 10.1. The van der Waals surface area contributed by atoms with E-state index in [4.69, 9.17) is 15.5 Å². The second-order valence-corrected chi connectivity index (χ2v) is 10.7. The molecule has 6 heterocycles. The maximum atomic E-state index is 14.6. The lowest BCUT2D eigenvalue weighted by Crippen LogP contribution is -2.56. The average molecular weight is 565 g/mol. The number of ether oxygens (including phenoxy) is 1. The Kier molecular flexibility index (Phi) is 6.48. The average Bonchev–Trinajstić information content (AvgIpc) is 3.59. The molecule has 0 saturated carbocycles. The number of rotatable bonds is 8. The summed E-state index contributed by atoms with van der Waals surface area (Å²) < 4.78 is 20.4. The molecule has 212 valence electrons. The first kappa shape index (κ1) is 26.0. The first-order valence-electron chi connectivity index (χ1n) is 13.6. The second kappa shape index (κ2) is 10.5. The molecule has 1 saturated heterocycles. The van der Waals surface area contributed by atoms with Crippen LogP contribution in [-0.4, -0.2) is 86.4 Å². The fraction of sp³-hybridized carbons (Fsp3) is 0.233. The smallest absolute Gasteiger partial charge is 0.147 e. The summed E-state index contributed by atoms with van der Waals surface area (Å²) in [5.74, 6) is 0.857. The molecule has 5 aromatic heterocycles. The third-order valence-electron chi connectivity index (χ3n) is 7.32. The minimum Gasteiger partial charge on any atom is -0.492 e. The molecular weight excluding hydrogens is 535 g/mol. The molecular formula is C30H29FN10O. The van der Waals surface area contributed by atoms with Crippen LogP contribution >= 0.6 is 0 Å². The van der Waals surface area contributed by atoms with Crippen LogP contribution in [0.3, 0.4) is 0 Å². The van der Waals surface area contributed by atoms with Crippen molar-refractivity contribution in [1.29, 1.82) is 0 Å². The zero-order chi connectivity index (χ0) is 28.8. The molecule has 12 heteroatoms. The lowest BCUT2D eigenvalue weighted by molar-refractivity contribution is 0.260. The summed E-state index contributed by atoms with van der Waals surface area (Å²) in [7, 11) is 3.93. The standard InChI is InChI=1S/C30H29FN10O/c1-40(2)5-6-42-20-8-17(7-18(31)9-20)29-21-11-25(36-23(21)3-4-34-29)30-22-10-24(35-13-26(22)38-39-30)27-12-33-14-28(37-27)41-15-19(32)16-41/h3-4,7-14,19,36H,5-6,15-16,32H2,1-2H3,(H,38,39). The summed E-state index contributed by atoms with van der Waals surface area (Å²) in [6.45, 7) is 2.69. The van der Waals surface area contributed by atoms with E-state index in [0.29, 0.717) is 35.0 Å². The van der Waals surface area contributed by atoms with Crippen LogP contribution in [0.1, 0.15) is 0 Å². The van der Waals surface area contributed by atoms with Gasteiger partial charge in [0.2, 0.25) is 0 Å². The van der Waals surface area contributed by atoms with E-state index in [-0.39, 0.29) is 11.9 Å². The van der Waals surface area contributed by atoms with Crippen molar-refractivity contribution >= 4 is 27.6 Å². The Balaban J connectivity index is 1.24. The van der Waals surface area contributed by atoms with Crippen molar-refractivity contribution in [2.24, 2.45) is 5.73 Å². The highest BCUT2D eigenvalue weighted by molar-refractivity contribution is 6.00. The van der Waals surface area contributed by atoms with Gasteiger partial charge in [-0.1, -0.05) is 0 Å². The summed E-state index contributed by atoms with van der Waals surface area (Å²) >= 11 is 0. The lowest BCUT2D eigenvalue weighted by Gasteiger charge is -2.37. The van der Waals surface area contributed by atoms with E-state index in [2.05, 4.69) is 35.0 Å². The Labute approximate surface area is 240 Å². The van der Waals surface area contributed by atoms with Gasteiger partial charge in [-0.25, -0.2) is 9.37 Å². The molecule has 0 atom stereocenters. The van der Waals surface area contributed by atoms with Gasteiger partial charge in [0.05, 0.1) is 41.2 Å². The van der Waals surface area contributed by atoms with Crippen molar-refractivity contribution < 1.29 is 9.13 Å². The van der Waals surface area contributed by atoms with Crippen LogP contribution in [-0.2, 0) is 0 Å². The number of nitrogens with two attached hydrogens (primary N) is 1. The molecule has 11 nitrogen and oxygen atoms in total. The SMILES string of the molecule is CN(C)CCOc1cc(F)cc(-c2nccc3[nH]c(-c4n[nH]c5cnc(-c6cncc(N7CC(N)C7)n6)cc45)cc23)c1. The van der Waals surface area contributed by atoms with Gasteiger partial charge in [0.15, 0.2) is 0 Å². The molecule has 42 heavy (non-hydrogen) atoms. The summed E-state index contributed by atoms with van der Waals surface area (Å²) in [5.41, 5.74) is 11.7. The number of fused-ring (bicyclic) bond motifs is 2. The number of hydrogen-bond donors (Lipinski definition) is 3. The van der Waals surface area contributed by atoms with Crippen LogP contribution in [0.25, 0.3) is 55.8 Å². The number of anilines is 1. The number of nitrogens with zero attached hydrogens (tertiary/aromatic N) is 7. The van der Waals surface area contributed by atoms with Crippen molar-refractivity contribution in [1.82, 2.24) is 40.0 Å². The van der Waals surface area contributed by atoms with E-state index in [9.17, 15) is 4.39 Å². The Morgan fingerprint density at radius 2 is 1.86 bits per heavy atom. The van der Waals surface area contributed by atoms with Gasteiger partial charge in [0.1, 0.15) is 35.4 Å². The Morgan fingerprint density at radius 1 is 1.00 bits per heavy atom. The fourth-order valence-electron chi connectivity index (χ4n) is 5.13. The number of benzene rings is 1. The predicted octanol–water partition coefficient (Wildman–Crippen LogP) is 3.85. The topological polar surface area (TPSA) is 138 Å². The number of aromatic nitrogens is 7. The van der Waals surface area contributed by atoms with E-state index >= 15 is 0 Å². The summed E-state index contributed by atoms with van der Waals surface area (Å²) in [5, 5.41) is 9.39. The summed E-state index contributed by atoms with van der Waals surface area (Å²) in [6.07, 6.45) is 6.90. The Bertz CT molecular complexity index is 1910. The van der Waals surface area contributed by atoms with Crippen LogP contribution < -0.4 is 15.4 Å². The van der Waals surface area contributed by atoms with Crippen LogP contribution in [0.2, 0.25) is 0 Å². The zero-order valence-corrected chi connectivity index (χ0v) is 23.2. The number of nitrogens with one attached hydrogen (secondary N) is 2. The van der Waals surface area contributed by atoms with Crippen molar-refractivity contribution in [2.75, 3.05) is 45.2 Å². The molecule has 1 aliphatic heterocycles.